The Morgan fingerprint density at radius 3 is 2.80 bits per heavy atom. The summed E-state index contributed by atoms with van der Waals surface area (Å²) in [5, 5.41) is 2.07. The van der Waals surface area contributed by atoms with Crippen LogP contribution in [-0.2, 0) is 4.79 Å². The van der Waals surface area contributed by atoms with Gasteiger partial charge in [-0.1, -0.05) is 24.0 Å². The highest BCUT2D eigenvalue weighted by atomic mass is 19.4. The van der Waals surface area contributed by atoms with Crippen molar-refractivity contribution in [1.29, 1.82) is 0 Å². The van der Waals surface area contributed by atoms with E-state index in [1.165, 1.54) is 0 Å². The number of aromatic nitrogens is 2. The lowest BCUT2D eigenvalue weighted by molar-refractivity contribution is -0.128. The Kier molecular flexibility index (Phi) is 5.91. The number of halogens is 3. The van der Waals surface area contributed by atoms with Crippen LogP contribution >= 0.6 is 0 Å². The largest absolute Gasteiger partial charge is 0.405 e. The van der Waals surface area contributed by atoms with Crippen LogP contribution in [0, 0.1) is 17.8 Å². The quantitative estimate of drug-likeness (QED) is 0.742. The number of alkyl halides is 3. The summed E-state index contributed by atoms with van der Waals surface area (Å²) < 4.78 is 37.3. The minimum Gasteiger partial charge on any atom is -0.373 e. The first-order valence-corrected chi connectivity index (χ1v) is 8.98. The molecule has 0 bridgehead atoms. The number of likely N-dealkylation sites (tertiary alicyclic amines) is 1. The standard InChI is InChI=1S/C20H18F3N5O2/c1-28-8-7-13(19(28)30)6-5-12-3-2-4-14(9-12)18-25-10-15(16(27-18)17(24)29)26-11-20(21,22)23/h2-4,9-10,13,26H,7-8,11H2,1H3,(H2,24,29)/t13-/m1/s1. The molecular weight excluding hydrogens is 399 g/mol. The predicted molar refractivity (Wildman–Crippen MR) is 103 cm³/mol. The van der Waals surface area contributed by atoms with Crippen LogP contribution in [0.3, 0.4) is 0 Å². The van der Waals surface area contributed by atoms with Crippen LogP contribution in [-0.4, -0.2) is 53.0 Å². The van der Waals surface area contributed by atoms with Gasteiger partial charge in [-0.05, 0) is 18.6 Å². The Morgan fingerprint density at radius 2 is 2.17 bits per heavy atom. The molecule has 1 aliphatic rings. The number of nitrogens with zero attached hydrogens (tertiary/aromatic N) is 3. The number of nitrogens with one attached hydrogen (secondary N) is 1. The summed E-state index contributed by atoms with van der Waals surface area (Å²) in [6.45, 7) is -0.688. The van der Waals surface area contributed by atoms with Gasteiger partial charge in [0.05, 0.1) is 11.9 Å². The highest BCUT2D eigenvalue weighted by Gasteiger charge is 2.28. The van der Waals surface area contributed by atoms with Crippen LogP contribution in [0.4, 0.5) is 18.9 Å². The summed E-state index contributed by atoms with van der Waals surface area (Å²) in [5.74, 6) is 4.66. The topological polar surface area (TPSA) is 101 Å². The van der Waals surface area contributed by atoms with E-state index in [1.807, 2.05) is 0 Å². The number of nitrogens with two attached hydrogens (primary N) is 1. The predicted octanol–water partition coefficient (Wildman–Crippen LogP) is 2.05. The van der Waals surface area contributed by atoms with Gasteiger partial charge in [0.2, 0.25) is 5.91 Å². The van der Waals surface area contributed by atoms with Gasteiger partial charge in [-0.25, -0.2) is 9.97 Å². The molecule has 3 rings (SSSR count). The minimum atomic E-state index is -4.48. The molecule has 10 heteroatoms. The molecule has 156 valence electrons. The molecule has 0 spiro atoms. The Balaban J connectivity index is 1.86. The molecule has 1 aliphatic heterocycles. The minimum absolute atomic E-state index is 0.0185. The maximum absolute atomic E-state index is 12.4. The van der Waals surface area contributed by atoms with Crippen LogP contribution in [0.5, 0.6) is 0 Å². The maximum atomic E-state index is 12.4. The SMILES string of the molecule is CN1CC[C@@H](C#Cc2cccc(-c3ncc(NCC(F)(F)F)c(C(N)=O)n3)c2)C1=O. The van der Waals surface area contributed by atoms with Crippen LogP contribution < -0.4 is 11.1 Å². The first-order chi connectivity index (χ1) is 14.1. The molecule has 2 heterocycles. The van der Waals surface area contributed by atoms with Gasteiger partial charge in [0.25, 0.3) is 5.91 Å². The van der Waals surface area contributed by atoms with Gasteiger partial charge in [0, 0.05) is 24.7 Å². The molecule has 0 unspecified atom stereocenters. The van der Waals surface area contributed by atoms with Crippen molar-refractivity contribution in [2.24, 2.45) is 11.7 Å². The lowest BCUT2D eigenvalue weighted by Crippen LogP contribution is -2.24. The third kappa shape index (κ3) is 5.05. The lowest BCUT2D eigenvalue weighted by atomic mass is 10.1. The number of amides is 2. The second-order valence-corrected chi connectivity index (χ2v) is 6.74. The van der Waals surface area contributed by atoms with E-state index in [0.717, 1.165) is 6.20 Å². The molecule has 1 aromatic heterocycles. The molecule has 1 atom stereocenters. The van der Waals surface area contributed by atoms with Crippen molar-refractivity contribution in [2.45, 2.75) is 12.6 Å². The fourth-order valence-corrected chi connectivity index (χ4v) is 2.90. The zero-order valence-electron chi connectivity index (χ0n) is 16.0. The molecule has 3 N–H and O–H groups in total. The highest BCUT2D eigenvalue weighted by molar-refractivity contribution is 5.96. The van der Waals surface area contributed by atoms with Crippen molar-refractivity contribution < 1.29 is 22.8 Å². The van der Waals surface area contributed by atoms with E-state index in [0.29, 0.717) is 24.1 Å². The summed E-state index contributed by atoms with van der Waals surface area (Å²) in [5.41, 5.74) is 5.82. The Labute approximate surface area is 170 Å². The molecule has 1 fully saturated rings. The van der Waals surface area contributed by atoms with Gasteiger partial charge in [-0.3, -0.25) is 9.59 Å². The van der Waals surface area contributed by atoms with Crippen molar-refractivity contribution >= 4 is 17.5 Å². The first kappa shape index (κ1) is 21.1. The number of carbonyl (C=O) groups excluding carboxylic acids is 2. The molecule has 0 saturated carbocycles. The van der Waals surface area contributed by atoms with Crippen LogP contribution in [0.2, 0.25) is 0 Å². The zero-order chi connectivity index (χ0) is 21.9. The molecule has 2 amide bonds. The second kappa shape index (κ2) is 8.41. The number of rotatable bonds is 4. The fraction of sp³-hybridized carbons (Fsp3) is 0.300. The summed E-state index contributed by atoms with van der Waals surface area (Å²) in [6.07, 6.45) is -2.73. The van der Waals surface area contributed by atoms with Gasteiger partial charge in [-0.15, -0.1) is 0 Å². The number of hydrogen-bond donors (Lipinski definition) is 2. The van der Waals surface area contributed by atoms with E-state index in [-0.39, 0.29) is 29.0 Å². The average Bonchev–Trinajstić information content (AvgIpc) is 3.02. The molecule has 0 aliphatic carbocycles. The smallest absolute Gasteiger partial charge is 0.373 e. The molecule has 1 aromatic carbocycles. The number of benzene rings is 1. The van der Waals surface area contributed by atoms with Crippen molar-refractivity contribution in [3.05, 3.63) is 41.7 Å². The summed E-state index contributed by atoms with van der Waals surface area (Å²) in [6, 6.07) is 6.78. The normalized spacial score (nSPS) is 16.2. The number of primary amides is 1. The lowest BCUT2D eigenvalue weighted by Gasteiger charge is -2.12. The molecule has 0 radical (unpaired) electrons. The second-order valence-electron chi connectivity index (χ2n) is 6.74. The van der Waals surface area contributed by atoms with Gasteiger partial charge < -0.3 is 16.0 Å². The molecule has 2 aromatic rings. The Bertz CT molecular complexity index is 1040. The number of carbonyl (C=O) groups is 2. The van der Waals surface area contributed by atoms with E-state index in [2.05, 4.69) is 27.1 Å². The van der Waals surface area contributed by atoms with Crippen molar-refractivity contribution in [1.82, 2.24) is 14.9 Å². The van der Waals surface area contributed by atoms with Crippen LogP contribution in [0.15, 0.2) is 30.5 Å². The van der Waals surface area contributed by atoms with E-state index < -0.39 is 18.6 Å². The van der Waals surface area contributed by atoms with E-state index in [4.69, 9.17) is 5.73 Å². The van der Waals surface area contributed by atoms with Crippen molar-refractivity contribution in [3.8, 4) is 23.2 Å². The highest BCUT2D eigenvalue weighted by Crippen LogP contribution is 2.22. The summed E-state index contributed by atoms with van der Waals surface area (Å²) in [4.78, 5) is 33.3. The molecule has 30 heavy (non-hydrogen) atoms. The molecule has 1 saturated heterocycles. The van der Waals surface area contributed by atoms with Crippen LogP contribution in [0.1, 0.15) is 22.5 Å². The summed E-state index contributed by atoms with van der Waals surface area (Å²) >= 11 is 0. The van der Waals surface area contributed by atoms with Gasteiger partial charge in [-0.2, -0.15) is 13.2 Å². The van der Waals surface area contributed by atoms with Gasteiger partial charge >= 0.3 is 6.18 Å². The van der Waals surface area contributed by atoms with Crippen molar-refractivity contribution in [2.75, 3.05) is 25.5 Å². The third-order valence-electron chi connectivity index (χ3n) is 4.44. The molecule has 7 nitrogen and oxygen atoms in total. The van der Waals surface area contributed by atoms with Crippen molar-refractivity contribution in [3.63, 3.8) is 0 Å². The third-order valence-corrected chi connectivity index (χ3v) is 4.44. The van der Waals surface area contributed by atoms with E-state index >= 15 is 0 Å². The molecular formula is C20H18F3N5O2. The van der Waals surface area contributed by atoms with Gasteiger partial charge in [0.1, 0.15) is 12.5 Å². The summed E-state index contributed by atoms with van der Waals surface area (Å²) in [7, 11) is 1.73. The average molecular weight is 417 g/mol. The first-order valence-electron chi connectivity index (χ1n) is 8.98. The Hall–Kier alpha value is -3.61. The maximum Gasteiger partial charge on any atom is 0.405 e. The van der Waals surface area contributed by atoms with E-state index in [1.54, 1.807) is 36.2 Å². The fourth-order valence-electron chi connectivity index (χ4n) is 2.90. The number of hydrogen-bond acceptors (Lipinski definition) is 5. The Morgan fingerprint density at radius 1 is 1.40 bits per heavy atom. The van der Waals surface area contributed by atoms with Gasteiger partial charge in [0.15, 0.2) is 11.5 Å². The number of anilines is 1. The van der Waals surface area contributed by atoms with E-state index in [9.17, 15) is 22.8 Å². The monoisotopic (exact) mass is 417 g/mol. The van der Waals surface area contributed by atoms with Crippen LogP contribution in [0.25, 0.3) is 11.4 Å². The zero-order valence-corrected chi connectivity index (χ0v) is 16.0.